The molecule has 1 saturated heterocycles. The summed E-state index contributed by atoms with van der Waals surface area (Å²) in [5.41, 5.74) is 2.41. The summed E-state index contributed by atoms with van der Waals surface area (Å²) in [5, 5.41) is 0. The molecule has 2 unspecified atom stereocenters. The fourth-order valence-corrected chi connectivity index (χ4v) is 2.56. The molecule has 1 aliphatic heterocycles. The number of hydrogen-bond donors (Lipinski definition) is 0. The van der Waals surface area contributed by atoms with Crippen LogP contribution < -0.4 is 0 Å². The Morgan fingerprint density at radius 2 is 2.05 bits per heavy atom. The molecule has 1 aromatic carbocycles. The zero-order valence-electron chi connectivity index (χ0n) is 12.8. The van der Waals surface area contributed by atoms with Crippen LogP contribution >= 0.6 is 0 Å². The monoisotopic (exact) mass is 275 g/mol. The quantitative estimate of drug-likeness (QED) is 0.842. The number of aryl methyl sites for hydroxylation is 1. The lowest BCUT2D eigenvalue weighted by atomic mass is 10.0. The van der Waals surface area contributed by atoms with E-state index in [0.29, 0.717) is 19.6 Å². The Morgan fingerprint density at radius 3 is 2.70 bits per heavy atom. The van der Waals surface area contributed by atoms with Crippen LogP contribution in [0, 0.1) is 6.92 Å². The van der Waals surface area contributed by atoms with E-state index >= 15 is 0 Å². The van der Waals surface area contributed by atoms with Gasteiger partial charge in [0.15, 0.2) is 0 Å². The maximum absolute atomic E-state index is 12.3. The molecule has 0 N–H and O–H groups in total. The fourth-order valence-electron chi connectivity index (χ4n) is 2.56. The molecule has 3 nitrogen and oxygen atoms in total. The first-order valence-corrected chi connectivity index (χ1v) is 7.59. The average Bonchev–Trinajstić information content (AvgIpc) is 2.46. The number of ether oxygens (including phenoxy) is 1. The van der Waals surface area contributed by atoms with Crippen molar-refractivity contribution in [1.82, 2.24) is 4.90 Å². The number of rotatable bonds is 4. The lowest BCUT2D eigenvalue weighted by molar-refractivity contribution is -0.144. The van der Waals surface area contributed by atoms with Crippen LogP contribution in [0.3, 0.4) is 0 Å². The lowest BCUT2D eigenvalue weighted by Crippen LogP contribution is -2.48. The van der Waals surface area contributed by atoms with Crippen molar-refractivity contribution in [2.24, 2.45) is 0 Å². The number of carbonyl (C=O) groups excluding carboxylic acids is 1. The highest BCUT2D eigenvalue weighted by Crippen LogP contribution is 2.25. The molecule has 110 valence electrons. The van der Waals surface area contributed by atoms with Crippen molar-refractivity contribution in [1.29, 1.82) is 0 Å². The summed E-state index contributed by atoms with van der Waals surface area (Å²) >= 11 is 0. The van der Waals surface area contributed by atoms with Crippen LogP contribution in [0.2, 0.25) is 0 Å². The molecule has 0 bridgehead atoms. The van der Waals surface area contributed by atoms with Crippen molar-refractivity contribution >= 4 is 5.91 Å². The van der Waals surface area contributed by atoms with E-state index in [1.807, 2.05) is 4.90 Å². The second-order valence-corrected chi connectivity index (χ2v) is 5.73. The zero-order valence-corrected chi connectivity index (χ0v) is 12.8. The highest BCUT2D eigenvalue weighted by atomic mass is 16.5. The number of hydrogen-bond acceptors (Lipinski definition) is 2. The van der Waals surface area contributed by atoms with E-state index in [2.05, 4.69) is 45.0 Å². The third kappa shape index (κ3) is 3.60. The minimum Gasteiger partial charge on any atom is -0.370 e. The molecular formula is C17H25NO2. The molecule has 3 heteroatoms. The highest BCUT2D eigenvalue weighted by molar-refractivity contribution is 5.76. The first-order chi connectivity index (χ1) is 9.61. The van der Waals surface area contributed by atoms with Gasteiger partial charge in [-0.25, -0.2) is 0 Å². The number of morpholine rings is 1. The standard InChI is InChI=1S/C17H25NO2/c1-4-5-6-17(19)18-11-16(20-12-14(18)3)15-9-7-13(2)8-10-15/h7-10,14,16H,4-6,11-12H2,1-3H3. The van der Waals surface area contributed by atoms with E-state index in [1.54, 1.807) is 0 Å². The highest BCUT2D eigenvalue weighted by Gasteiger charge is 2.29. The Kier molecular flexibility index (Phi) is 5.18. The van der Waals surface area contributed by atoms with Gasteiger partial charge in [-0.15, -0.1) is 0 Å². The van der Waals surface area contributed by atoms with Gasteiger partial charge in [0.1, 0.15) is 6.10 Å². The van der Waals surface area contributed by atoms with E-state index in [0.717, 1.165) is 18.4 Å². The summed E-state index contributed by atoms with van der Waals surface area (Å²) in [5.74, 6) is 0.264. The summed E-state index contributed by atoms with van der Waals surface area (Å²) in [6.07, 6.45) is 2.70. The van der Waals surface area contributed by atoms with Gasteiger partial charge in [-0.3, -0.25) is 4.79 Å². The van der Waals surface area contributed by atoms with Crippen molar-refractivity contribution in [3.05, 3.63) is 35.4 Å². The maximum Gasteiger partial charge on any atom is 0.222 e. The van der Waals surface area contributed by atoms with E-state index in [4.69, 9.17) is 4.74 Å². The van der Waals surface area contributed by atoms with Crippen LogP contribution in [0.25, 0.3) is 0 Å². The summed E-state index contributed by atoms with van der Waals surface area (Å²) in [4.78, 5) is 14.3. The van der Waals surface area contributed by atoms with Gasteiger partial charge >= 0.3 is 0 Å². The molecule has 0 aliphatic carbocycles. The van der Waals surface area contributed by atoms with Gasteiger partial charge in [-0.2, -0.15) is 0 Å². The van der Waals surface area contributed by atoms with E-state index in [1.165, 1.54) is 5.56 Å². The minimum atomic E-state index is 0.0115. The zero-order chi connectivity index (χ0) is 14.5. The molecule has 0 aromatic heterocycles. The van der Waals surface area contributed by atoms with E-state index in [-0.39, 0.29) is 18.1 Å². The van der Waals surface area contributed by atoms with Crippen molar-refractivity contribution in [2.75, 3.05) is 13.2 Å². The average molecular weight is 275 g/mol. The smallest absolute Gasteiger partial charge is 0.222 e. The normalized spacial score (nSPS) is 22.9. The Bertz CT molecular complexity index is 441. The molecule has 1 aromatic rings. The topological polar surface area (TPSA) is 29.5 Å². The van der Waals surface area contributed by atoms with Crippen LogP contribution in [0.5, 0.6) is 0 Å². The van der Waals surface area contributed by atoms with Gasteiger partial charge in [0.25, 0.3) is 0 Å². The molecule has 1 fully saturated rings. The SMILES string of the molecule is CCCCC(=O)N1CC(c2ccc(C)cc2)OCC1C. The molecule has 20 heavy (non-hydrogen) atoms. The van der Waals surface area contributed by atoms with Gasteiger partial charge in [0.05, 0.1) is 19.2 Å². The first-order valence-electron chi connectivity index (χ1n) is 7.59. The third-order valence-corrected chi connectivity index (χ3v) is 3.95. The number of amides is 1. The van der Waals surface area contributed by atoms with E-state index in [9.17, 15) is 4.79 Å². The van der Waals surface area contributed by atoms with Gasteiger partial charge < -0.3 is 9.64 Å². The van der Waals surface area contributed by atoms with Gasteiger partial charge in [-0.05, 0) is 25.8 Å². The maximum atomic E-state index is 12.3. The number of unbranched alkanes of at least 4 members (excludes halogenated alkanes) is 1. The molecule has 0 radical (unpaired) electrons. The van der Waals surface area contributed by atoms with Crippen molar-refractivity contribution in [3.8, 4) is 0 Å². The molecule has 1 heterocycles. The van der Waals surface area contributed by atoms with Gasteiger partial charge in [0, 0.05) is 6.42 Å². The van der Waals surface area contributed by atoms with Crippen molar-refractivity contribution < 1.29 is 9.53 Å². The molecule has 2 rings (SSSR count). The van der Waals surface area contributed by atoms with Crippen LogP contribution in [0.4, 0.5) is 0 Å². The predicted molar refractivity (Wildman–Crippen MR) is 80.6 cm³/mol. The lowest BCUT2D eigenvalue weighted by Gasteiger charge is -2.38. The Balaban J connectivity index is 2.03. The molecule has 2 atom stereocenters. The summed E-state index contributed by atoms with van der Waals surface area (Å²) in [7, 11) is 0. The van der Waals surface area contributed by atoms with Crippen LogP contribution in [-0.2, 0) is 9.53 Å². The largest absolute Gasteiger partial charge is 0.370 e. The first kappa shape index (κ1) is 15.0. The van der Waals surface area contributed by atoms with Gasteiger partial charge in [-0.1, -0.05) is 43.2 Å². The van der Waals surface area contributed by atoms with Crippen LogP contribution in [-0.4, -0.2) is 30.0 Å². The molecular weight excluding hydrogens is 250 g/mol. The number of benzene rings is 1. The molecule has 1 amide bonds. The summed E-state index contributed by atoms with van der Waals surface area (Å²) in [6, 6.07) is 8.58. The third-order valence-electron chi connectivity index (χ3n) is 3.95. The summed E-state index contributed by atoms with van der Waals surface area (Å²) in [6.45, 7) is 7.55. The van der Waals surface area contributed by atoms with Crippen LogP contribution in [0.15, 0.2) is 24.3 Å². The minimum absolute atomic E-state index is 0.0115. The predicted octanol–water partition coefficient (Wildman–Crippen LogP) is 3.47. The van der Waals surface area contributed by atoms with Crippen LogP contribution in [0.1, 0.15) is 50.3 Å². The van der Waals surface area contributed by atoms with Gasteiger partial charge in [0.2, 0.25) is 5.91 Å². The van der Waals surface area contributed by atoms with Crippen molar-refractivity contribution in [3.63, 3.8) is 0 Å². The number of carbonyl (C=O) groups is 1. The second kappa shape index (κ2) is 6.89. The molecule has 1 aliphatic rings. The Hall–Kier alpha value is -1.35. The Labute approximate surface area is 121 Å². The second-order valence-electron chi connectivity index (χ2n) is 5.73. The fraction of sp³-hybridized carbons (Fsp3) is 0.588. The number of nitrogens with zero attached hydrogens (tertiary/aromatic N) is 1. The van der Waals surface area contributed by atoms with E-state index < -0.39 is 0 Å². The van der Waals surface area contributed by atoms with Crippen molar-refractivity contribution in [2.45, 2.75) is 52.2 Å². The molecule has 0 saturated carbocycles. The molecule has 0 spiro atoms. The Morgan fingerprint density at radius 1 is 1.35 bits per heavy atom. The summed E-state index contributed by atoms with van der Waals surface area (Å²) < 4.78 is 5.91.